The summed E-state index contributed by atoms with van der Waals surface area (Å²) in [7, 11) is 0. The molecule has 4 aliphatic rings. The summed E-state index contributed by atoms with van der Waals surface area (Å²) in [5, 5.41) is 0.956. The van der Waals surface area contributed by atoms with Crippen molar-refractivity contribution in [2.45, 2.75) is 19.3 Å². The number of benzene rings is 1. The van der Waals surface area contributed by atoms with E-state index in [1.807, 2.05) is 0 Å². The van der Waals surface area contributed by atoms with Crippen molar-refractivity contribution in [2.75, 3.05) is 0 Å². The summed E-state index contributed by atoms with van der Waals surface area (Å²) in [5.74, 6) is -1.39. The topological polar surface area (TPSA) is 66.5 Å². The summed E-state index contributed by atoms with van der Waals surface area (Å²) >= 11 is 3.31. The largest absolute Gasteiger partial charge is 0.272 e. The number of amides is 3. The fourth-order valence-corrected chi connectivity index (χ4v) is 4.42. The van der Waals surface area contributed by atoms with Crippen LogP contribution in [-0.2, 0) is 9.59 Å². The standard InChI is InChI=1S/C18H17BrN2O3/c19-13-8-6-12(7-9-13)16(22)20-21-17(23)14-10-2-1-3-11(5-4-10)15(14)18(21)24/h4-11,14-15H,1-3H2,(H,20,22)/t10?,11?,14-,15?/m1/s1. The molecule has 1 aromatic rings. The average Bonchev–Trinajstić information content (AvgIpc) is 2.80. The van der Waals surface area contributed by atoms with Crippen molar-refractivity contribution in [3.8, 4) is 0 Å². The fraction of sp³-hybridized carbons (Fsp3) is 0.389. The molecule has 124 valence electrons. The van der Waals surface area contributed by atoms with Crippen molar-refractivity contribution in [2.24, 2.45) is 23.7 Å². The Kier molecular flexibility index (Phi) is 3.79. The van der Waals surface area contributed by atoms with Crippen molar-refractivity contribution in [3.63, 3.8) is 0 Å². The van der Waals surface area contributed by atoms with Crippen LogP contribution in [0.1, 0.15) is 29.6 Å². The third-order valence-electron chi connectivity index (χ3n) is 5.32. The molecule has 0 aromatic heterocycles. The minimum absolute atomic E-state index is 0.111. The van der Waals surface area contributed by atoms with Crippen molar-refractivity contribution in [1.29, 1.82) is 0 Å². The van der Waals surface area contributed by atoms with E-state index < -0.39 is 5.91 Å². The highest BCUT2D eigenvalue weighted by atomic mass is 79.9. The Morgan fingerprint density at radius 2 is 1.54 bits per heavy atom. The summed E-state index contributed by atoms with van der Waals surface area (Å²) in [6, 6.07) is 6.79. The lowest BCUT2D eigenvalue weighted by Crippen LogP contribution is -2.47. The van der Waals surface area contributed by atoms with Crippen molar-refractivity contribution < 1.29 is 14.4 Å². The number of hydrogen-bond donors (Lipinski definition) is 1. The van der Waals surface area contributed by atoms with Crippen LogP contribution in [0.15, 0.2) is 40.9 Å². The summed E-state index contributed by atoms with van der Waals surface area (Å²) in [6.45, 7) is 0. The van der Waals surface area contributed by atoms with Crippen LogP contribution in [-0.4, -0.2) is 22.7 Å². The smallest absolute Gasteiger partial charge is 0.270 e. The van der Waals surface area contributed by atoms with Crippen LogP contribution in [0.4, 0.5) is 0 Å². The van der Waals surface area contributed by atoms with Gasteiger partial charge in [0.15, 0.2) is 0 Å². The van der Waals surface area contributed by atoms with Gasteiger partial charge in [0.2, 0.25) is 0 Å². The maximum absolute atomic E-state index is 12.8. The molecule has 0 spiro atoms. The number of nitrogens with one attached hydrogen (secondary N) is 1. The van der Waals surface area contributed by atoms with E-state index in [1.54, 1.807) is 24.3 Å². The summed E-state index contributed by atoms with van der Waals surface area (Å²) < 4.78 is 0.859. The van der Waals surface area contributed by atoms with Gasteiger partial charge in [0.1, 0.15) is 0 Å². The fourth-order valence-electron chi connectivity index (χ4n) is 4.16. The van der Waals surface area contributed by atoms with Gasteiger partial charge in [-0.2, -0.15) is 5.01 Å². The Balaban J connectivity index is 1.57. The minimum atomic E-state index is -0.444. The molecular formula is C18H17BrN2O3. The van der Waals surface area contributed by atoms with Crippen LogP contribution in [0.2, 0.25) is 0 Å². The molecule has 5 nitrogen and oxygen atoms in total. The monoisotopic (exact) mass is 388 g/mol. The van der Waals surface area contributed by atoms with E-state index in [1.165, 1.54) is 0 Å². The molecule has 1 aliphatic heterocycles. The van der Waals surface area contributed by atoms with Gasteiger partial charge in [-0.1, -0.05) is 34.5 Å². The molecule has 2 bridgehead atoms. The second-order valence-corrected chi connectivity index (χ2v) is 7.57. The number of nitrogens with zero attached hydrogens (tertiary/aromatic N) is 1. The molecule has 1 heterocycles. The number of hydrazine groups is 1. The molecule has 3 aliphatic carbocycles. The van der Waals surface area contributed by atoms with E-state index >= 15 is 0 Å². The lowest BCUT2D eigenvalue weighted by atomic mass is 9.73. The summed E-state index contributed by atoms with van der Waals surface area (Å²) in [6.07, 6.45) is 7.08. The Morgan fingerprint density at radius 1 is 1.00 bits per heavy atom. The zero-order valence-electron chi connectivity index (χ0n) is 12.9. The SMILES string of the molecule is O=C(NN1C(=O)C2C3C=CC(CCC3)[C@H]2C1=O)c1ccc(Br)cc1. The second kappa shape index (κ2) is 5.84. The number of rotatable bonds is 2. The molecule has 1 saturated carbocycles. The number of hydrogen-bond acceptors (Lipinski definition) is 3. The summed E-state index contributed by atoms with van der Waals surface area (Å²) in [5.41, 5.74) is 2.92. The Hall–Kier alpha value is -1.95. The molecule has 2 fully saturated rings. The molecule has 0 radical (unpaired) electrons. The molecule has 3 unspecified atom stereocenters. The van der Waals surface area contributed by atoms with Crippen LogP contribution in [0.3, 0.4) is 0 Å². The highest BCUT2D eigenvalue weighted by Crippen LogP contribution is 2.47. The second-order valence-electron chi connectivity index (χ2n) is 6.65. The van der Waals surface area contributed by atoms with E-state index in [4.69, 9.17) is 0 Å². The lowest BCUT2D eigenvalue weighted by molar-refractivity contribution is -0.143. The van der Waals surface area contributed by atoms with Crippen LogP contribution < -0.4 is 5.43 Å². The normalized spacial score (nSPS) is 31.1. The lowest BCUT2D eigenvalue weighted by Gasteiger charge is -2.27. The molecule has 5 rings (SSSR count). The number of imide groups is 1. The van der Waals surface area contributed by atoms with Gasteiger partial charge < -0.3 is 0 Å². The predicted octanol–water partition coefficient (Wildman–Crippen LogP) is 2.68. The molecule has 4 atom stereocenters. The molecule has 24 heavy (non-hydrogen) atoms. The van der Waals surface area contributed by atoms with Crippen LogP contribution in [0, 0.1) is 23.7 Å². The molecule has 1 saturated heterocycles. The average molecular weight is 389 g/mol. The van der Waals surface area contributed by atoms with Gasteiger partial charge in [-0.15, -0.1) is 0 Å². The maximum Gasteiger partial charge on any atom is 0.270 e. The van der Waals surface area contributed by atoms with Crippen LogP contribution >= 0.6 is 15.9 Å². The van der Waals surface area contributed by atoms with Gasteiger partial charge in [-0.05, 0) is 48.9 Å². The minimum Gasteiger partial charge on any atom is -0.272 e. The first-order valence-electron chi connectivity index (χ1n) is 8.19. The van der Waals surface area contributed by atoms with Crippen LogP contribution in [0.5, 0.6) is 0 Å². The van der Waals surface area contributed by atoms with Gasteiger partial charge in [0.05, 0.1) is 11.8 Å². The highest BCUT2D eigenvalue weighted by Gasteiger charge is 2.55. The van der Waals surface area contributed by atoms with E-state index in [0.717, 1.165) is 28.7 Å². The predicted molar refractivity (Wildman–Crippen MR) is 90.4 cm³/mol. The van der Waals surface area contributed by atoms with Gasteiger partial charge >= 0.3 is 0 Å². The Morgan fingerprint density at radius 3 is 2.08 bits per heavy atom. The third kappa shape index (κ3) is 2.40. The molecular weight excluding hydrogens is 372 g/mol. The van der Waals surface area contributed by atoms with E-state index in [0.29, 0.717) is 5.56 Å². The Labute approximate surface area is 148 Å². The number of halogens is 1. The number of carbonyl (C=O) groups excluding carboxylic acids is 3. The zero-order chi connectivity index (χ0) is 16.8. The van der Waals surface area contributed by atoms with E-state index in [-0.39, 0.29) is 35.5 Å². The highest BCUT2D eigenvalue weighted by molar-refractivity contribution is 9.10. The number of fused-ring (bicyclic) bond motifs is 2. The van der Waals surface area contributed by atoms with E-state index in [2.05, 4.69) is 33.5 Å². The first-order valence-corrected chi connectivity index (χ1v) is 8.98. The molecule has 1 N–H and O–H groups in total. The molecule has 1 aromatic carbocycles. The molecule has 3 amide bonds. The maximum atomic E-state index is 12.8. The quantitative estimate of drug-likeness (QED) is 0.625. The number of carbonyl (C=O) groups is 3. The van der Waals surface area contributed by atoms with Crippen molar-refractivity contribution in [1.82, 2.24) is 10.4 Å². The van der Waals surface area contributed by atoms with Crippen LogP contribution in [0.25, 0.3) is 0 Å². The van der Waals surface area contributed by atoms with E-state index in [9.17, 15) is 14.4 Å². The zero-order valence-corrected chi connectivity index (χ0v) is 14.5. The summed E-state index contributed by atoms with van der Waals surface area (Å²) in [4.78, 5) is 37.9. The first kappa shape index (κ1) is 15.6. The first-order chi connectivity index (χ1) is 11.6. The van der Waals surface area contributed by atoms with Gasteiger partial charge in [0, 0.05) is 10.0 Å². The number of allylic oxidation sites excluding steroid dienone is 2. The third-order valence-corrected chi connectivity index (χ3v) is 5.85. The molecule has 6 heteroatoms. The Bertz CT molecular complexity index is 711. The van der Waals surface area contributed by atoms with Crippen molar-refractivity contribution >= 4 is 33.7 Å². The van der Waals surface area contributed by atoms with Gasteiger partial charge in [-0.25, -0.2) is 0 Å². The van der Waals surface area contributed by atoms with Crippen molar-refractivity contribution in [3.05, 3.63) is 46.5 Å². The van der Waals surface area contributed by atoms with Gasteiger partial charge in [0.25, 0.3) is 17.7 Å². The van der Waals surface area contributed by atoms with Gasteiger partial charge in [-0.3, -0.25) is 19.8 Å².